The minimum atomic E-state index is -4.66. The van der Waals surface area contributed by atoms with E-state index in [9.17, 15) is 22.4 Å². The van der Waals surface area contributed by atoms with Crippen molar-refractivity contribution in [1.29, 1.82) is 0 Å². The Morgan fingerprint density at radius 2 is 1.80 bits per heavy atom. The first kappa shape index (κ1) is 17.5. The van der Waals surface area contributed by atoms with Gasteiger partial charge in [-0.3, -0.25) is 4.79 Å². The summed E-state index contributed by atoms with van der Waals surface area (Å²) in [5.74, 6) is -1.32. The lowest BCUT2D eigenvalue weighted by atomic mass is 10.0. The van der Waals surface area contributed by atoms with Crippen LogP contribution in [0.4, 0.5) is 17.6 Å². The third kappa shape index (κ3) is 4.18. The first-order valence-corrected chi connectivity index (χ1v) is 8.06. The Kier molecular flexibility index (Phi) is 4.79. The van der Waals surface area contributed by atoms with E-state index in [-0.39, 0.29) is 24.4 Å². The maximum absolute atomic E-state index is 13.1. The molecule has 1 aliphatic rings. The van der Waals surface area contributed by atoms with Gasteiger partial charge in [-0.05, 0) is 53.6 Å². The van der Waals surface area contributed by atoms with Crippen molar-refractivity contribution in [2.75, 3.05) is 0 Å². The Morgan fingerprint density at radius 3 is 2.56 bits per heavy atom. The maximum atomic E-state index is 13.1. The van der Waals surface area contributed by atoms with Gasteiger partial charge in [-0.1, -0.05) is 24.3 Å². The molecule has 0 saturated heterocycles. The predicted molar refractivity (Wildman–Crippen MR) is 85.4 cm³/mol. The van der Waals surface area contributed by atoms with Crippen molar-refractivity contribution in [3.8, 4) is 0 Å². The van der Waals surface area contributed by atoms with Gasteiger partial charge in [0.1, 0.15) is 5.82 Å². The first-order valence-electron chi connectivity index (χ1n) is 8.06. The third-order valence-electron chi connectivity index (χ3n) is 4.38. The van der Waals surface area contributed by atoms with Crippen LogP contribution in [-0.2, 0) is 36.8 Å². The number of carbonyl (C=O) groups is 1. The fourth-order valence-electron chi connectivity index (χ4n) is 3.14. The van der Waals surface area contributed by atoms with E-state index in [0.29, 0.717) is 6.07 Å². The lowest BCUT2D eigenvalue weighted by molar-refractivity contribution is -0.138. The highest BCUT2D eigenvalue weighted by Crippen LogP contribution is 2.32. The van der Waals surface area contributed by atoms with Crippen LogP contribution in [0, 0.1) is 5.82 Å². The predicted octanol–water partition coefficient (Wildman–Crippen LogP) is 4.19. The van der Waals surface area contributed by atoms with Crippen molar-refractivity contribution in [3.05, 3.63) is 70.0 Å². The number of amides is 1. The Hall–Kier alpha value is -2.37. The summed E-state index contributed by atoms with van der Waals surface area (Å²) in [6, 6.07) is 8.32. The molecule has 6 heteroatoms. The molecule has 0 radical (unpaired) electrons. The molecule has 0 aromatic heterocycles. The average Bonchev–Trinajstić information content (AvgIpc) is 3.00. The summed E-state index contributed by atoms with van der Waals surface area (Å²) < 4.78 is 51.9. The molecule has 0 atom stereocenters. The number of aryl methyl sites for hydroxylation is 2. The molecule has 3 rings (SSSR count). The summed E-state index contributed by atoms with van der Waals surface area (Å²) in [6.07, 6.45) is -1.41. The van der Waals surface area contributed by atoms with E-state index in [4.69, 9.17) is 0 Å². The summed E-state index contributed by atoms with van der Waals surface area (Å²) in [7, 11) is 0. The van der Waals surface area contributed by atoms with Crippen molar-refractivity contribution in [3.63, 3.8) is 0 Å². The second-order valence-electron chi connectivity index (χ2n) is 6.21. The second kappa shape index (κ2) is 6.86. The van der Waals surface area contributed by atoms with Crippen LogP contribution in [0.15, 0.2) is 36.4 Å². The zero-order valence-electron chi connectivity index (χ0n) is 13.4. The van der Waals surface area contributed by atoms with Crippen molar-refractivity contribution in [2.24, 2.45) is 0 Å². The van der Waals surface area contributed by atoms with Gasteiger partial charge in [-0.2, -0.15) is 13.2 Å². The van der Waals surface area contributed by atoms with Gasteiger partial charge in [-0.25, -0.2) is 4.39 Å². The monoisotopic (exact) mass is 351 g/mol. The van der Waals surface area contributed by atoms with Crippen LogP contribution in [0.3, 0.4) is 0 Å². The zero-order valence-corrected chi connectivity index (χ0v) is 13.4. The van der Waals surface area contributed by atoms with Gasteiger partial charge in [0.15, 0.2) is 0 Å². The molecule has 132 valence electrons. The summed E-state index contributed by atoms with van der Waals surface area (Å²) in [6.45, 7) is -0.293. The minimum Gasteiger partial charge on any atom is -0.352 e. The highest BCUT2D eigenvalue weighted by molar-refractivity contribution is 5.78. The molecule has 1 amide bonds. The Balaban J connectivity index is 1.65. The highest BCUT2D eigenvalue weighted by atomic mass is 19.4. The number of benzene rings is 2. The van der Waals surface area contributed by atoms with Crippen molar-refractivity contribution >= 4 is 5.91 Å². The number of nitrogens with one attached hydrogen (secondary N) is 1. The quantitative estimate of drug-likeness (QED) is 0.822. The van der Waals surface area contributed by atoms with Gasteiger partial charge in [0.25, 0.3) is 0 Å². The number of hydrogen-bond donors (Lipinski definition) is 1. The van der Waals surface area contributed by atoms with Crippen LogP contribution >= 0.6 is 0 Å². The third-order valence-corrected chi connectivity index (χ3v) is 4.38. The molecule has 2 aromatic rings. The average molecular weight is 351 g/mol. The van der Waals surface area contributed by atoms with Crippen LogP contribution in [0.1, 0.15) is 34.2 Å². The molecule has 2 nitrogen and oxygen atoms in total. The fraction of sp³-hybridized carbons (Fsp3) is 0.316. The van der Waals surface area contributed by atoms with E-state index in [0.717, 1.165) is 37.0 Å². The van der Waals surface area contributed by atoms with Crippen molar-refractivity contribution in [1.82, 2.24) is 5.32 Å². The Morgan fingerprint density at radius 1 is 1.04 bits per heavy atom. The molecule has 0 spiro atoms. The van der Waals surface area contributed by atoms with Crippen LogP contribution in [0.2, 0.25) is 0 Å². The first-order chi connectivity index (χ1) is 11.8. The smallest absolute Gasteiger partial charge is 0.352 e. The number of hydrogen-bond acceptors (Lipinski definition) is 1. The number of alkyl halides is 3. The highest BCUT2D eigenvalue weighted by Gasteiger charge is 2.33. The summed E-state index contributed by atoms with van der Waals surface area (Å²) in [4.78, 5) is 12.0. The molecule has 0 unspecified atom stereocenters. The topological polar surface area (TPSA) is 29.1 Å². The SMILES string of the molecule is O=C(Cc1ccc2c(c1)CCC2)NCc1ccc(F)cc1C(F)(F)F. The zero-order chi connectivity index (χ0) is 18.0. The molecule has 0 bridgehead atoms. The van der Waals surface area contributed by atoms with Crippen LogP contribution in [0.25, 0.3) is 0 Å². The summed E-state index contributed by atoms with van der Waals surface area (Å²) in [5, 5.41) is 2.49. The summed E-state index contributed by atoms with van der Waals surface area (Å²) in [5.41, 5.74) is 2.16. The van der Waals surface area contributed by atoms with Gasteiger partial charge in [-0.15, -0.1) is 0 Å². The standard InChI is InChI=1S/C19H17F4NO/c20-16-7-6-15(17(10-16)19(21,22)23)11-24-18(25)9-12-4-5-13-2-1-3-14(13)8-12/h4-8,10H,1-3,9,11H2,(H,24,25). The minimum absolute atomic E-state index is 0.107. The van der Waals surface area contributed by atoms with E-state index >= 15 is 0 Å². The molecule has 1 aliphatic carbocycles. The van der Waals surface area contributed by atoms with Crippen molar-refractivity contribution < 1.29 is 22.4 Å². The largest absolute Gasteiger partial charge is 0.416 e. The molecular weight excluding hydrogens is 334 g/mol. The van der Waals surface area contributed by atoms with Gasteiger partial charge in [0.2, 0.25) is 5.91 Å². The summed E-state index contributed by atoms with van der Waals surface area (Å²) >= 11 is 0. The van der Waals surface area contributed by atoms with Gasteiger partial charge in [0, 0.05) is 6.54 Å². The molecule has 0 fully saturated rings. The van der Waals surface area contributed by atoms with E-state index in [2.05, 4.69) is 5.32 Å². The normalized spacial score (nSPS) is 13.6. The molecule has 0 aliphatic heterocycles. The Bertz CT molecular complexity index is 798. The van der Waals surface area contributed by atoms with E-state index in [1.807, 2.05) is 18.2 Å². The van der Waals surface area contributed by atoms with Gasteiger partial charge < -0.3 is 5.32 Å². The van der Waals surface area contributed by atoms with E-state index < -0.39 is 17.6 Å². The number of halogens is 4. The molecule has 0 heterocycles. The van der Waals surface area contributed by atoms with Crippen LogP contribution in [0.5, 0.6) is 0 Å². The molecule has 1 N–H and O–H groups in total. The number of fused-ring (bicyclic) bond motifs is 1. The second-order valence-corrected chi connectivity index (χ2v) is 6.21. The van der Waals surface area contributed by atoms with Gasteiger partial charge >= 0.3 is 6.18 Å². The lowest BCUT2D eigenvalue weighted by Crippen LogP contribution is -2.26. The molecular formula is C19H17F4NO. The molecule has 2 aromatic carbocycles. The van der Waals surface area contributed by atoms with Crippen LogP contribution < -0.4 is 5.32 Å². The lowest BCUT2D eigenvalue weighted by Gasteiger charge is -2.14. The number of carbonyl (C=O) groups excluding carboxylic acids is 1. The number of rotatable bonds is 4. The Labute approximate surface area is 142 Å². The molecule has 25 heavy (non-hydrogen) atoms. The van der Waals surface area contributed by atoms with Gasteiger partial charge in [0.05, 0.1) is 12.0 Å². The molecule has 0 saturated carbocycles. The van der Waals surface area contributed by atoms with E-state index in [1.165, 1.54) is 11.1 Å². The van der Waals surface area contributed by atoms with Crippen LogP contribution in [-0.4, -0.2) is 5.91 Å². The van der Waals surface area contributed by atoms with Crippen molar-refractivity contribution in [2.45, 2.75) is 38.4 Å². The maximum Gasteiger partial charge on any atom is 0.416 e. The fourth-order valence-corrected chi connectivity index (χ4v) is 3.14. The van der Waals surface area contributed by atoms with E-state index in [1.54, 1.807) is 0 Å².